The summed E-state index contributed by atoms with van der Waals surface area (Å²) in [6, 6.07) is 8.84. The normalized spacial score (nSPS) is 11.5. The highest BCUT2D eigenvalue weighted by atomic mass is 35.5. The molecule has 0 spiro atoms. The van der Waals surface area contributed by atoms with Gasteiger partial charge in [-0.2, -0.15) is 0 Å². The number of ether oxygens (including phenoxy) is 4. The van der Waals surface area contributed by atoms with E-state index in [4.69, 9.17) is 44.5 Å². The number of carboxylic acid groups (broad SMARTS) is 1. The molecule has 2 aromatic heterocycles. The Hall–Kier alpha value is -5.17. The lowest BCUT2D eigenvalue weighted by Crippen LogP contribution is -2.12. The van der Waals surface area contributed by atoms with Crippen LogP contribution in [-0.4, -0.2) is 42.5 Å². The van der Waals surface area contributed by atoms with Crippen molar-refractivity contribution >= 4 is 56.3 Å². The van der Waals surface area contributed by atoms with E-state index in [1.54, 1.807) is 6.07 Å². The first-order valence-electron chi connectivity index (χ1n) is 12.8. The zero-order valence-electron chi connectivity index (χ0n) is 24.3. The molecule has 13 nitrogen and oxygen atoms in total. The molecule has 4 aromatic rings. The molecule has 0 saturated carbocycles. The number of benzene rings is 2. The molecule has 2 unspecified atom stereocenters. The molecular formula is C32H35ClO13. The van der Waals surface area contributed by atoms with Crippen LogP contribution in [0.3, 0.4) is 0 Å². The Kier molecular flexibility index (Phi) is 13.7. The van der Waals surface area contributed by atoms with E-state index in [0.29, 0.717) is 22.3 Å². The molecular weight excluding hydrogens is 628 g/mol. The number of esters is 2. The van der Waals surface area contributed by atoms with Gasteiger partial charge in [0.05, 0.1) is 20.1 Å². The van der Waals surface area contributed by atoms with E-state index in [2.05, 4.69) is 0 Å². The molecule has 248 valence electrons. The van der Waals surface area contributed by atoms with Crippen LogP contribution >= 0.6 is 11.6 Å². The lowest BCUT2D eigenvalue weighted by Gasteiger charge is -2.10. The minimum atomic E-state index is -1.12. The Balaban J connectivity index is 0.000000441. The van der Waals surface area contributed by atoms with Crippen LogP contribution in [0.1, 0.15) is 65.9 Å². The number of hydrogen-bond donors (Lipinski definition) is 1. The third kappa shape index (κ3) is 8.94. The highest BCUT2D eigenvalue weighted by molar-refractivity contribution is 6.64. The van der Waals surface area contributed by atoms with Crippen molar-refractivity contribution in [3.63, 3.8) is 0 Å². The Labute approximate surface area is 268 Å². The fraction of sp³-hybridized carbons (Fsp3) is 0.312. The van der Waals surface area contributed by atoms with Crippen LogP contribution in [0.15, 0.2) is 54.8 Å². The van der Waals surface area contributed by atoms with Crippen LogP contribution in [0.2, 0.25) is 0 Å². The van der Waals surface area contributed by atoms with Crippen molar-refractivity contribution in [2.24, 2.45) is 0 Å². The van der Waals surface area contributed by atoms with E-state index in [1.807, 2.05) is 0 Å². The zero-order chi connectivity index (χ0) is 32.9. The fourth-order valence-electron chi connectivity index (χ4n) is 3.93. The summed E-state index contributed by atoms with van der Waals surface area (Å²) in [6.07, 6.45) is 0. The monoisotopic (exact) mass is 662 g/mol. The number of methoxy groups -OCH3 is 2. The number of carbonyl (C=O) groups is 4. The summed E-state index contributed by atoms with van der Waals surface area (Å²) in [5, 5.41) is 9.31. The minimum absolute atomic E-state index is 0. The van der Waals surface area contributed by atoms with Crippen molar-refractivity contribution in [2.75, 3.05) is 14.2 Å². The van der Waals surface area contributed by atoms with E-state index in [9.17, 15) is 28.8 Å². The van der Waals surface area contributed by atoms with Gasteiger partial charge in [-0.05, 0) is 60.5 Å². The molecule has 0 bridgehead atoms. The predicted octanol–water partition coefficient (Wildman–Crippen LogP) is 5.78. The molecule has 0 amide bonds. The van der Waals surface area contributed by atoms with Crippen molar-refractivity contribution in [1.82, 2.24) is 0 Å². The van der Waals surface area contributed by atoms with E-state index in [-0.39, 0.29) is 48.6 Å². The Morgan fingerprint density at radius 3 is 1.37 bits per heavy atom. The Bertz CT molecular complexity index is 1750. The lowest BCUT2D eigenvalue weighted by molar-refractivity contribution is -0.139. The molecule has 0 aliphatic heterocycles. The third-order valence-electron chi connectivity index (χ3n) is 6.18. The van der Waals surface area contributed by atoms with E-state index >= 15 is 0 Å². The minimum Gasteiger partial charge on any atom is -0.497 e. The summed E-state index contributed by atoms with van der Waals surface area (Å²) in [5.74, 6) is -3.13. The number of carbonyl (C=O) groups excluding carboxylic acids is 3. The van der Waals surface area contributed by atoms with Crippen LogP contribution in [0.4, 0.5) is 0 Å². The number of carboxylic acids is 1. The molecule has 0 saturated heterocycles. The number of hydrogen-bond acceptors (Lipinski definition) is 12. The van der Waals surface area contributed by atoms with Gasteiger partial charge in [-0.3, -0.25) is 19.2 Å². The Morgan fingerprint density at radius 2 is 1.07 bits per heavy atom. The smallest absolute Gasteiger partial charge is 0.347 e. The van der Waals surface area contributed by atoms with Crippen molar-refractivity contribution in [1.29, 1.82) is 0 Å². The predicted molar refractivity (Wildman–Crippen MR) is 169 cm³/mol. The summed E-state index contributed by atoms with van der Waals surface area (Å²) in [5.41, 5.74) is -1.50. The van der Waals surface area contributed by atoms with E-state index in [0.717, 1.165) is 0 Å². The molecule has 4 rings (SSSR count). The molecule has 0 radical (unpaired) electrons. The largest absolute Gasteiger partial charge is 0.497 e. The second-order valence-corrected chi connectivity index (χ2v) is 9.70. The van der Waals surface area contributed by atoms with Crippen molar-refractivity contribution in [2.45, 2.75) is 54.4 Å². The van der Waals surface area contributed by atoms with Crippen molar-refractivity contribution in [3.05, 3.63) is 68.8 Å². The molecule has 2 aromatic carbocycles. The number of rotatable bonds is 8. The summed E-state index contributed by atoms with van der Waals surface area (Å²) >= 11 is 5.43. The van der Waals surface area contributed by atoms with Crippen LogP contribution in [0.5, 0.6) is 23.0 Å². The topological polar surface area (TPSA) is 186 Å². The van der Waals surface area contributed by atoms with Crippen LogP contribution in [0, 0.1) is 0 Å². The van der Waals surface area contributed by atoms with Gasteiger partial charge in [0.1, 0.15) is 51.2 Å². The molecule has 0 fully saturated rings. The van der Waals surface area contributed by atoms with Crippen molar-refractivity contribution < 1.29 is 52.1 Å². The van der Waals surface area contributed by atoms with Gasteiger partial charge in [0, 0.05) is 26.0 Å². The number of halogens is 1. The fourth-order valence-corrected chi connectivity index (χ4v) is 4.04. The second kappa shape index (κ2) is 16.2. The second-order valence-electron chi connectivity index (χ2n) is 9.32. The van der Waals surface area contributed by atoms with E-state index < -0.39 is 46.2 Å². The maximum absolute atomic E-state index is 12.2. The van der Waals surface area contributed by atoms with Crippen LogP contribution in [-0.2, 0) is 19.2 Å². The van der Waals surface area contributed by atoms with Gasteiger partial charge >= 0.3 is 29.2 Å². The molecule has 0 aliphatic rings. The SMILES string of the molecule is C.C.COc1cc(OC(C)=O)c2c(=O)oc(C(C)C(=O)Cl)cc2c1.COc1cc(OC(C)=O)c2c(=O)oc(C(C)C(=O)O)cc2c1. The highest BCUT2D eigenvalue weighted by Crippen LogP contribution is 2.32. The maximum atomic E-state index is 12.2. The average Bonchev–Trinajstić information content (AvgIpc) is 2.94. The van der Waals surface area contributed by atoms with Gasteiger partial charge in [0.25, 0.3) is 0 Å². The quantitative estimate of drug-likeness (QED) is 0.136. The first-order chi connectivity index (χ1) is 20.7. The molecule has 0 aliphatic carbocycles. The van der Waals surface area contributed by atoms with Crippen molar-refractivity contribution in [3.8, 4) is 23.0 Å². The average molecular weight is 663 g/mol. The molecule has 2 atom stereocenters. The molecule has 1 N–H and O–H groups in total. The van der Waals surface area contributed by atoms with Crippen LogP contribution < -0.4 is 30.2 Å². The van der Waals surface area contributed by atoms with Crippen LogP contribution in [0.25, 0.3) is 21.5 Å². The highest BCUT2D eigenvalue weighted by Gasteiger charge is 2.22. The Morgan fingerprint density at radius 1 is 0.696 bits per heavy atom. The van der Waals surface area contributed by atoms with E-state index in [1.165, 1.54) is 72.2 Å². The third-order valence-corrected chi connectivity index (χ3v) is 6.51. The number of fused-ring (bicyclic) bond motifs is 2. The summed E-state index contributed by atoms with van der Waals surface area (Å²) < 4.78 is 30.4. The number of aliphatic carboxylic acids is 1. The molecule has 14 heteroatoms. The van der Waals surface area contributed by atoms with Gasteiger partial charge in [-0.15, -0.1) is 0 Å². The standard InChI is InChI=1S/C15H13ClO6.C15H14O7.2CH4/c1-7(14(16)18)11-5-9-4-10(20-3)6-12(21-8(2)17)13(9)15(19)22-11;1-7(14(17)18)11-5-9-4-10(20-3)6-12(21-8(2)16)13(9)15(19)22-11;;/h4-7H,1-3H3;4-7H,1-3H3,(H,17,18);2*1H4. The summed E-state index contributed by atoms with van der Waals surface area (Å²) in [6.45, 7) is 5.34. The lowest BCUT2D eigenvalue weighted by atomic mass is 10.1. The van der Waals surface area contributed by atoms with Gasteiger partial charge in [-0.25, -0.2) is 9.59 Å². The van der Waals surface area contributed by atoms with Gasteiger partial charge in [-0.1, -0.05) is 14.9 Å². The molecule has 2 heterocycles. The summed E-state index contributed by atoms with van der Waals surface area (Å²) in [4.78, 5) is 68.9. The first kappa shape index (κ1) is 38.9. The zero-order valence-corrected chi connectivity index (χ0v) is 25.1. The molecule has 46 heavy (non-hydrogen) atoms. The van der Waals surface area contributed by atoms with Gasteiger partial charge < -0.3 is 32.9 Å². The van der Waals surface area contributed by atoms with Gasteiger partial charge in [0.2, 0.25) is 5.24 Å². The maximum Gasteiger partial charge on any atom is 0.347 e. The summed E-state index contributed by atoms with van der Waals surface area (Å²) in [7, 11) is 2.86. The first-order valence-corrected chi connectivity index (χ1v) is 13.1. The van der Waals surface area contributed by atoms with Gasteiger partial charge in [0.15, 0.2) is 0 Å².